The summed E-state index contributed by atoms with van der Waals surface area (Å²) in [6.45, 7) is 13.0. The molecule has 0 aliphatic carbocycles. The molecule has 1 aliphatic rings. The smallest absolute Gasteiger partial charge is 0.128 e. The topological polar surface area (TPSA) is 24.8 Å². The second-order valence-electron chi connectivity index (χ2n) is 7.04. The first-order valence-corrected chi connectivity index (χ1v) is 10.8. The van der Waals surface area contributed by atoms with E-state index in [0.29, 0.717) is 24.6 Å². The van der Waals surface area contributed by atoms with Crippen molar-refractivity contribution in [3.05, 3.63) is 71.0 Å². The molecule has 0 spiro atoms. The fraction of sp³-hybridized carbons (Fsp3) is 0.400. The maximum absolute atomic E-state index is 12.6. The van der Waals surface area contributed by atoms with Crippen molar-refractivity contribution in [2.24, 2.45) is 10.9 Å². The highest BCUT2D eigenvalue weighted by molar-refractivity contribution is 9.11. The van der Waals surface area contributed by atoms with Gasteiger partial charge in [0.05, 0.1) is 13.7 Å². The van der Waals surface area contributed by atoms with E-state index < -0.39 is 6.67 Å². The Hall–Kier alpha value is -2.32. The van der Waals surface area contributed by atoms with Gasteiger partial charge in [0.2, 0.25) is 0 Å². The fourth-order valence-electron chi connectivity index (χ4n) is 3.29. The van der Waals surface area contributed by atoms with Crippen molar-refractivity contribution in [1.29, 1.82) is 0 Å². The van der Waals surface area contributed by atoms with Gasteiger partial charge in [-0.05, 0) is 44.4 Å². The minimum Gasteiger partial charge on any atom is -0.496 e. The molecule has 0 bridgehead atoms. The third kappa shape index (κ3) is 7.84. The number of alkyl halides is 1. The average molecular weight is 475 g/mol. The summed E-state index contributed by atoms with van der Waals surface area (Å²) in [4.78, 5) is 6.95. The molecule has 30 heavy (non-hydrogen) atoms. The number of amidine groups is 1. The molecular formula is C25H32BrFN2O. The predicted molar refractivity (Wildman–Crippen MR) is 130 cm³/mol. The molecule has 0 radical (unpaired) electrons. The molecule has 1 heterocycles. The van der Waals surface area contributed by atoms with Crippen LogP contribution >= 0.6 is 15.9 Å². The van der Waals surface area contributed by atoms with Gasteiger partial charge >= 0.3 is 0 Å². The molecule has 0 N–H and O–H groups in total. The zero-order valence-electron chi connectivity index (χ0n) is 18.2. The first-order chi connectivity index (χ1) is 14.4. The van der Waals surface area contributed by atoms with Gasteiger partial charge in [-0.25, -0.2) is 4.39 Å². The van der Waals surface area contributed by atoms with Crippen LogP contribution in [-0.2, 0) is 4.74 Å². The molecule has 0 amide bonds. The highest BCUT2D eigenvalue weighted by atomic mass is 79.9. The molecule has 5 heteroatoms. The summed E-state index contributed by atoms with van der Waals surface area (Å²) in [5.41, 5.74) is 1.91. The highest BCUT2D eigenvalue weighted by Gasteiger charge is 2.27. The summed E-state index contributed by atoms with van der Waals surface area (Å²) in [6, 6.07) is 0.307. The van der Waals surface area contributed by atoms with Crippen molar-refractivity contribution >= 4 is 21.8 Å². The van der Waals surface area contributed by atoms with Crippen LogP contribution in [0.3, 0.4) is 0 Å². The zero-order valence-corrected chi connectivity index (χ0v) is 19.8. The van der Waals surface area contributed by atoms with Crippen molar-refractivity contribution in [3.63, 3.8) is 0 Å². The van der Waals surface area contributed by atoms with E-state index in [-0.39, 0.29) is 5.92 Å². The molecule has 1 aliphatic heterocycles. The Balaban J connectivity index is 3.23. The quantitative estimate of drug-likeness (QED) is 0.192. The van der Waals surface area contributed by atoms with Crippen molar-refractivity contribution in [2.45, 2.75) is 32.7 Å². The monoisotopic (exact) mass is 474 g/mol. The lowest BCUT2D eigenvalue weighted by atomic mass is 9.90. The fourth-order valence-corrected chi connectivity index (χ4v) is 3.56. The maximum atomic E-state index is 12.6. The van der Waals surface area contributed by atoms with Gasteiger partial charge in [-0.2, -0.15) is 0 Å². The molecule has 1 unspecified atom stereocenters. The van der Waals surface area contributed by atoms with Gasteiger partial charge < -0.3 is 9.64 Å². The number of methoxy groups -OCH3 is 1. The summed E-state index contributed by atoms with van der Waals surface area (Å²) in [5.74, 6) is 4.36. The van der Waals surface area contributed by atoms with Gasteiger partial charge in [0, 0.05) is 28.6 Å². The van der Waals surface area contributed by atoms with Crippen LogP contribution in [0.1, 0.15) is 26.7 Å². The lowest BCUT2D eigenvalue weighted by Crippen LogP contribution is -2.36. The van der Waals surface area contributed by atoms with E-state index in [1.807, 2.05) is 18.2 Å². The van der Waals surface area contributed by atoms with Gasteiger partial charge in [-0.3, -0.25) is 4.99 Å². The summed E-state index contributed by atoms with van der Waals surface area (Å²) in [7, 11) is 1.62. The summed E-state index contributed by atoms with van der Waals surface area (Å²) in [6.07, 6.45) is 17.8. The molecule has 1 atom stereocenters. The first-order valence-electron chi connectivity index (χ1n) is 10.0. The van der Waals surface area contributed by atoms with E-state index in [1.165, 1.54) is 6.08 Å². The number of allylic oxidation sites excluding steroid dienone is 8. The molecule has 0 saturated heterocycles. The number of nitrogens with zero attached hydrogens (tertiary/aromatic N) is 2. The minimum atomic E-state index is -0.519. The standard InChI is InChI=1S/C25H32BrFN2O/c1-7-11-24(30-6)22(18-20(5)26)14-13-21(8-2)23(12-9-10-15-27)25-28-16-17-29(25)19(3)4/h2,7,9-12,18-19,21H,1,5,13-17H2,3-4,6H3/b10-9-,22-18-,23-12+,24-11+. The number of rotatable bonds is 12. The number of halogens is 2. The Morgan fingerprint density at radius 2 is 2.17 bits per heavy atom. The largest absolute Gasteiger partial charge is 0.496 e. The molecule has 1 rings (SSSR count). The Labute approximate surface area is 189 Å². The van der Waals surface area contributed by atoms with Gasteiger partial charge in [0.25, 0.3) is 0 Å². The first kappa shape index (κ1) is 25.7. The molecule has 0 fully saturated rings. The minimum absolute atomic E-state index is 0.179. The number of terminal acetylenes is 1. The Morgan fingerprint density at radius 1 is 1.43 bits per heavy atom. The molecule has 162 valence electrons. The second-order valence-corrected chi connectivity index (χ2v) is 8.06. The van der Waals surface area contributed by atoms with E-state index in [1.54, 1.807) is 19.3 Å². The van der Waals surface area contributed by atoms with E-state index >= 15 is 0 Å². The van der Waals surface area contributed by atoms with Crippen molar-refractivity contribution in [3.8, 4) is 12.3 Å². The van der Waals surface area contributed by atoms with Crippen molar-refractivity contribution in [2.75, 3.05) is 26.9 Å². The van der Waals surface area contributed by atoms with Gasteiger partial charge in [0.1, 0.15) is 18.3 Å². The molecular weight excluding hydrogens is 443 g/mol. The predicted octanol–water partition coefficient (Wildman–Crippen LogP) is 6.14. The Morgan fingerprint density at radius 3 is 2.70 bits per heavy atom. The van der Waals surface area contributed by atoms with Crippen LogP contribution in [0.5, 0.6) is 0 Å². The van der Waals surface area contributed by atoms with E-state index in [9.17, 15) is 4.39 Å². The molecule has 0 saturated carbocycles. The van der Waals surface area contributed by atoms with Crippen LogP contribution in [-0.4, -0.2) is 43.7 Å². The lowest BCUT2D eigenvalue weighted by molar-refractivity contribution is 0.297. The number of aliphatic imine (C=N–C) groups is 1. The summed E-state index contributed by atoms with van der Waals surface area (Å²) >= 11 is 3.39. The van der Waals surface area contributed by atoms with Crippen LogP contribution in [0, 0.1) is 18.3 Å². The van der Waals surface area contributed by atoms with Gasteiger partial charge in [0.15, 0.2) is 0 Å². The van der Waals surface area contributed by atoms with Crippen LogP contribution in [0.4, 0.5) is 4.39 Å². The third-order valence-corrected chi connectivity index (χ3v) is 4.90. The normalized spacial score (nSPS) is 16.6. The number of ether oxygens (including phenoxy) is 1. The Kier molecular flexibility index (Phi) is 11.8. The van der Waals surface area contributed by atoms with Crippen LogP contribution in [0.15, 0.2) is 76.0 Å². The molecule has 3 nitrogen and oxygen atoms in total. The lowest BCUT2D eigenvalue weighted by Gasteiger charge is -2.28. The second kappa shape index (κ2) is 13.8. The van der Waals surface area contributed by atoms with Crippen LogP contribution < -0.4 is 0 Å². The highest BCUT2D eigenvalue weighted by Crippen LogP contribution is 2.28. The maximum Gasteiger partial charge on any atom is 0.128 e. The number of hydrogen-bond donors (Lipinski definition) is 0. The summed E-state index contributed by atoms with van der Waals surface area (Å²) in [5, 5.41) is 0. The van der Waals surface area contributed by atoms with Crippen LogP contribution in [0.2, 0.25) is 0 Å². The van der Waals surface area contributed by atoms with E-state index in [4.69, 9.17) is 16.2 Å². The van der Waals surface area contributed by atoms with Crippen molar-refractivity contribution < 1.29 is 9.13 Å². The van der Waals surface area contributed by atoms with E-state index in [2.05, 4.69) is 53.8 Å². The van der Waals surface area contributed by atoms with Crippen molar-refractivity contribution in [1.82, 2.24) is 4.90 Å². The van der Waals surface area contributed by atoms with Crippen LogP contribution in [0.25, 0.3) is 0 Å². The molecule has 0 aromatic heterocycles. The summed E-state index contributed by atoms with van der Waals surface area (Å²) < 4.78 is 18.9. The molecule has 0 aromatic rings. The molecule has 0 aromatic carbocycles. The number of hydrogen-bond acceptors (Lipinski definition) is 3. The SMILES string of the molecule is C#CC(CCC(=C/C(=C)Br)/C(=C\C=C)OC)/C(=C\C=C/CF)C1=NCCN1C(C)C. The Bertz CT molecular complexity index is 796. The van der Waals surface area contributed by atoms with E-state index in [0.717, 1.165) is 34.6 Å². The van der Waals surface area contributed by atoms with Gasteiger partial charge in [-0.1, -0.05) is 59.3 Å². The van der Waals surface area contributed by atoms with Gasteiger partial charge in [-0.15, -0.1) is 6.42 Å². The average Bonchev–Trinajstić information content (AvgIpc) is 3.19. The zero-order chi connectivity index (χ0) is 22.5. The third-order valence-electron chi connectivity index (χ3n) is 4.67.